The number of benzene rings is 2. The van der Waals surface area contributed by atoms with E-state index in [1.165, 1.54) is 24.3 Å². The molecule has 1 unspecified atom stereocenters. The summed E-state index contributed by atoms with van der Waals surface area (Å²) in [6.07, 6.45) is 1.57. The Balaban J connectivity index is 1.95. The summed E-state index contributed by atoms with van der Waals surface area (Å²) in [6, 6.07) is 18.8. The number of carbonyl (C=O) groups is 1. The van der Waals surface area contributed by atoms with Gasteiger partial charge in [-0.1, -0.05) is 48.5 Å². The van der Waals surface area contributed by atoms with Crippen LogP contribution in [0.2, 0.25) is 0 Å². The summed E-state index contributed by atoms with van der Waals surface area (Å²) in [5.74, 6) is -1.00. The lowest BCUT2D eigenvalue weighted by atomic mass is 9.86. The Morgan fingerprint density at radius 1 is 1.00 bits per heavy atom. The summed E-state index contributed by atoms with van der Waals surface area (Å²) in [6.45, 7) is 0.00612. The molecule has 1 aromatic heterocycles. The summed E-state index contributed by atoms with van der Waals surface area (Å²) in [5.41, 5.74) is 4.17. The van der Waals surface area contributed by atoms with Crippen LogP contribution in [-0.2, 0) is 27.0 Å². The van der Waals surface area contributed by atoms with Crippen LogP contribution in [-0.4, -0.2) is 24.4 Å². The number of pyridine rings is 1. The van der Waals surface area contributed by atoms with Crippen molar-refractivity contribution in [1.82, 2.24) is 9.71 Å². The molecule has 0 radical (unpaired) electrons. The normalized spacial score (nSPS) is 13.6. The summed E-state index contributed by atoms with van der Waals surface area (Å²) >= 11 is 0. The Kier molecular flexibility index (Phi) is 5.55. The zero-order valence-electron chi connectivity index (χ0n) is 14.8. The third-order valence-electron chi connectivity index (χ3n) is 4.28. The van der Waals surface area contributed by atoms with E-state index in [9.17, 15) is 18.3 Å². The molecule has 1 heterocycles. The summed E-state index contributed by atoms with van der Waals surface area (Å²) in [7, 11) is -3.90. The lowest BCUT2D eigenvalue weighted by molar-refractivity contribution is -0.133. The fourth-order valence-corrected chi connectivity index (χ4v) is 3.82. The molecule has 2 aromatic carbocycles. The topological polar surface area (TPSA) is 122 Å². The third-order valence-corrected chi connectivity index (χ3v) is 5.68. The van der Waals surface area contributed by atoms with Gasteiger partial charge in [-0.15, -0.1) is 0 Å². The van der Waals surface area contributed by atoms with E-state index >= 15 is 0 Å². The number of aromatic nitrogens is 1. The van der Waals surface area contributed by atoms with Crippen LogP contribution in [0.5, 0.6) is 0 Å². The van der Waals surface area contributed by atoms with Crippen LogP contribution in [0.15, 0.2) is 83.9 Å². The van der Waals surface area contributed by atoms with E-state index in [4.69, 9.17) is 5.73 Å². The maximum atomic E-state index is 12.7. The van der Waals surface area contributed by atoms with Crippen molar-refractivity contribution in [2.45, 2.75) is 17.0 Å². The first-order valence-electron chi connectivity index (χ1n) is 8.42. The van der Waals surface area contributed by atoms with Gasteiger partial charge in [0.15, 0.2) is 5.60 Å². The molecule has 0 spiro atoms. The minimum absolute atomic E-state index is 0.00612. The lowest BCUT2D eigenvalue weighted by Crippen LogP contribution is -2.42. The molecule has 4 N–H and O–H groups in total. The molecule has 0 bridgehead atoms. The number of sulfonamides is 1. The molecular weight excluding hydrogens is 378 g/mol. The van der Waals surface area contributed by atoms with Crippen LogP contribution in [0.25, 0.3) is 0 Å². The minimum atomic E-state index is -3.90. The summed E-state index contributed by atoms with van der Waals surface area (Å²) in [5, 5.41) is 11.0. The van der Waals surface area contributed by atoms with E-state index in [1.807, 2.05) is 0 Å². The van der Waals surface area contributed by atoms with Crippen LogP contribution in [0.1, 0.15) is 16.8 Å². The first kappa shape index (κ1) is 19.7. The highest BCUT2D eigenvalue weighted by Crippen LogP contribution is 2.30. The number of nitrogens with one attached hydrogen (secondary N) is 1. The van der Waals surface area contributed by atoms with Crippen molar-refractivity contribution in [3.8, 4) is 0 Å². The molecule has 3 rings (SSSR count). The fourth-order valence-electron chi connectivity index (χ4n) is 2.77. The zero-order chi connectivity index (χ0) is 20.2. The number of hydrogen-bond acceptors (Lipinski definition) is 5. The number of primary amides is 1. The van der Waals surface area contributed by atoms with E-state index in [2.05, 4.69) is 9.71 Å². The number of carbonyl (C=O) groups excluding carboxylic acids is 1. The van der Waals surface area contributed by atoms with Gasteiger partial charge in [0.1, 0.15) is 0 Å². The SMILES string of the molecule is NC(=O)C(O)(c1ccccc1)c1cccc(S(=O)(=O)NCc2ccccn2)c1. The van der Waals surface area contributed by atoms with Gasteiger partial charge in [-0.05, 0) is 35.4 Å². The molecule has 0 saturated carbocycles. The van der Waals surface area contributed by atoms with Crippen molar-refractivity contribution in [3.63, 3.8) is 0 Å². The standard InChI is InChI=1S/C20H19N3O4S/c21-19(24)20(25,15-7-2-1-3-8-15)16-9-6-11-18(13-16)28(26,27)23-14-17-10-4-5-12-22-17/h1-13,23,25H,14H2,(H2,21,24). The summed E-state index contributed by atoms with van der Waals surface area (Å²) < 4.78 is 27.8. The molecule has 3 aromatic rings. The molecule has 1 amide bonds. The van der Waals surface area contributed by atoms with Gasteiger partial charge in [0.2, 0.25) is 10.0 Å². The Hall–Kier alpha value is -3.07. The second-order valence-electron chi connectivity index (χ2n) is 6.11. The van der Waals surface area contributed by atoms with Gasteiger partial charge < -0.3 is 10.8 Å². The monoisotopic (exact) mass is 397 g/mol. The Morgan fingerprint density at radius 3 is 2.32 bits per heavy atom. The van der Waals surface area contributed by atoms with Crippen molar-refractivity contribution in [1.29, 1.82) is 0 Å². The third kappa shape index (κ3) is 3.94. The number of hydrogen-bond donors (Lipinski definition) is 3. The molecule has 0 aliphatic heterocycles. The highest BCUT2D eigenvalue weighted by atomic mass is 32.2. The quantitative estimate of drug-likeness (QED) is 0.554. The number of amides is 1. The highest BCUT2D eigenvalue weighted by Gasteiger charge is 2.38. The van der Waals surface area contributed by atoms with Crippen molar-refractivity contribution in [2.75, 3.05) is 0 Å². The van der Waals surface area contributed by atoms with E-state index < -0.39 is 21.5 Å². The van der Waals surface area contributed by atoms with Crippen LogP contribution >= 0.6 is 0 Å². The van der Waals surface area contributed by atoms with E-state index in [1.54, 1.807) is 54.7 Å². The molecule has 28 heavy (non-hydrogen) atoms. The number of rotatable bonds is 7. The van der Waals surface area contributed by atoms with Gasteiger partial charge in [0.05, 0.1) is 17.1 Å². The van der Waals surface area contributed by atoms with Gasteiger partial charge >= 0.3 is 0 Å². The van der Waals surface area contributed by atoms with Crippen LogP contribution in [0.4, 0.5) is 0 Å². The van der Waals surface area contributed by atoms with Crippen molar-refractivity contribution in [2.24, 2.45) is 5.73 Å². The second-order valence-corrected chi connectivity index (χ2v) is 7.88. The van der Waals surface area contributed by atoms with E-state index in [-0.39, 0.29) is 22.6 Å². The highest BCUT2D eigenvalue weighted by molar-refractivity contribution is 7.89. The maximum absolute atomic E-state index is 12.7. The number of nitrogens with zero attached hydrogens (tertiary/aromatic N) is 1. The Labute approximate surface area is 162 Å². The average Bonchev–Trinajstić information content (AvgIpc) is 2.73. The van der Waals surface area contributed by atoms with Crippen LogP contribution in [0.3, 0.4) is 0 Å². The molecule has 1 atom stereocenters. The largest absolute Gasteiger partial charge is 0.372 e. The molecule has 0 saturated heterocycles. The smallest absolute Gasteiger partial charge is 0.258 e. The van der Waals surface area contributed by atoms with Gasteiger partial charge in [-0.2, -0.15) is 0 Å². The summed E-state index contributed by atoms with van der Waals surface area (Å²) in [4.78, 5) is 16.1. The minimum Gasteiger partial charge on any atom is -0.372 e. The predicted octanol–water partition coefficient (Wildman–Crippen LogP) is 1.28. The molecule has 8 heteroatoms. The molecule has 0 aliphatic rings. The van der Waals surface area contributed by atoms with E-state index in [0.29, 0.717) is 5.69 Å². The maximum Gasteiger partial charge on any atom is 0.258 e. The second kappa shape index (κ2) is 7.89. The van der Waals surface area contributed by atoms with Gasteiger partial charge in [0.25, 0.3) is 5.91 Å². The average molecular weight is 397 g/mol. The first-order valence-corrected chi connectivity index (χ1v) is 9.90. The molecule has 144 valence electrons. The number of aliphatic hydroxyl groups is 1. The van der Waals surface area contributed by atoms with Crippen molar-refractivity contribution < 1.29 is 18.3 Å². The predicted molar refractivity (Wildman–Crippen MR) is 103 cm³/mol. The van der Waals surface area contributed by atoms with E-state index in [0.717, 1.165) is 0 Å². The van der Waals surface area contributed by atoms with Gasteiger partial charge in [-0.25, -0.2) is 13.1 Å². The van der Waals surface area contributed by atoms with Crippen LogP contribution in [0, 0.1) is 0 Å². The number of nitrogens with two attached hydrogens (primary N) is 1. The van der Waals surface area contributed by atoms with Crippen molar-refractivity contribution >= 4 is 15.9 Å². The van der Waals surface area contributed by atoms with Gasteiger partial charge in [-0.3, -0.25) is 9.78 Å². The first-order chi connectivity index (χ1) is 13.3. The Morgan fingerprint density at radius 2 is 1.68 bits per heavy atom. The molecule has 0 aliphatic carbocycles. The Bertz CT molecular complexity index is 1070. The molecule has 7 nitrogen and oxygen atoms in total. The zero-order valence-corrected chi connectivity index (χ0v) is 15.6. The molecular formula is C20H19N3O4S. The van der Waals surface area contributed by atoms with Gasteiger partial charge in [0, 0.05) is 6.20 Å². The van der Waals surface area contributed by atoms with Crippen LogP contribution < -0.4 is 10.5 Å². The molecule has 0 fully saturated rings. The fraction of sp³-hybridized carbons (Fsp3) is 0.100. The lowest BCUT2D eigenvalue weighted by Gasteiger charge is -2.26. The van der Waals surface area contributed by atoms with Crippen molar-refractivity contribution in [3.05, 3.63) is 95.8 Å².